The summed E-state index contributed by atoms with van der Waals surface area (Å²) >= 11 is 0. The number of Topliss-reactive ketones (excluding diaryl/α,β-unsaturated/α-hetero) is 1. The van der Waals surface area contributed by atoms with Crippen molar-refractivity contribution < 1.29 is 23.8 Å². The molecular weight excluding hydrogens is 260 g/mol. The van der Waals surface area contributed by atoms with Crippen LogP contribution in [-0.4, -0.2) is 39.4 Å². The molecule has 0 bridgehead atoms. The minimum Gasteiger partial charge on any atom is -0.469 e. The van der Waals surface area contributed by atoms with Crippen molar-refractivity contribution in [3.8, 4) is 0 Å². The summed E-state index contributed by atoms with van der Waals surface area (Å²) in [6.07, 6.45) is 2.33. The summed E-state index contributed by atoms with van der Waals surface area (Å²) in [7, 11) is 4.56. The van der Waals surface area contributed by atoms with Gasteiger partial charge in [0.15, 0.2) is 6.29 Å². The van der Waals surface area contributed by atoms with E-state index in [-0.39, 0.29) is 36.8 Å². The van der Waals surface area contributed by atoms with E-state index in [0.717, 1.165) is 12.8 Å². The monoisotopic (exact) mass is 288 g/mol. The first kappa shape index (κ1) is 19.1. The van der Waals surface area contributed by atoms with Gasteiger partial charge in [-0.25, -0.2) is 0 Å². The second-order valence-electron chi connectivity index (χ2n) is 5.30. The van der Waals surface area contributed by atoms with Gasteiger partial charge in [0, 0.05) is 27.1 Å². The number of ether oxygens (including phenoxy) is 3. The third-order valence-corrected chi connectivity index (χ3v) is 3.57. The van der Waals surface area contributed by atoms with E-state index in [1.165, 1.54) is 7.11 Å². The van der Waals surface area contributed by atoms with Crippen LogP contribution in [0.4, 0.5) is 0 Å². The average molecular weight is 288 g/mol. The van der Waals surface area contributed by atoms with Crippen LogP contribution in [0.1, 0.15) is 46.0 Å². The van der Waals surface area contributed by atoms with Crippen LogP contribution in [0.5, 0.6) is 0 Å². The Bertz CT molecular complexity index is 284. The van der Waals surface area contributed by atoms with E-state index in [2.05, 4.69) is 18.6 Å². The van der Waals surface area contributed by atoms with Crippen molar-refractivity contribution in [3.05, 3.63) is 0 Å². The SMILES string of the molecule is COC(=O)CCC(=O)C[C@@H](CCC(OC)OC)C(C)C. The maximum absolute atomic E-state index is 11.9. The molecular formula is C15H28O5. The summed E-state index contributed by atoms with van der Waals surface area (Å²) < 4.78 is 14.9. The number of rotatable bonds is 11. The number of hydrogen-bond donors (Lipinski definition) is 0. The Morgan fingerprint density at radius 3 is 2.00 bits per heavy atom. The largest absolute Gasteiger partial charge is 0.469 e. The van der Waals surface area contributed by atoms with Crippen molar-refractivity contribution in [1.82, 2.24) is 0 Å². The lowest BCUT2D eigenvalue weighted by atomic mass is 9.86. The molecule has 0 fully saturated rings. The first-order valence-electron chi connectivity index (χ1n) is 7.08. The Kier molecular flexibility index (Phi) is 10.3. The molecule has 0 heterocycles. The maximum atomic E-state index is 11.9. The topological polar surface area (TPSA) is 61.8 Å². The minimum atomic E-state index is -0.335. The van der Waals surface area contributed by atoms with Crippen LogP contribution in [0, 0.1) is 11.8 Å². The molecule has 1 atom stereocenters. The molecule has 0 amide bonds. The zero-order valence-corrected chi connectivity index (χ0v) is 13.3. The number of methoxy groups -OCH3 is 3. The van der Waals surface area contributed by atoms with E-state index in [9.17, 15) is 9.59 Å². The van der Waals surface area contributed by atoms with Gasteiger partial charge in [0.05, 0.1) is 13.5 Å². The lowest BCUT2D eigenvalue weighted by Gasteiger charge is -2.22. The van der Waals surface area contributed by atoms with Gasteiger partial charge in [0.2, 0.25) is 0 Å². The Labute approximate surface area is 122 Å². The quantitative estimate of drug-likeness (QED) is 0.432. The number of esters is 1. The van der Waals surface area contributed by atoms with Gasteiger partial charge >= 0.3 is 5.97 Å². The summed E-state index contributed by atoms with van der Waals surface area (Å²) in [5, 5.41) is 0. The van der Waals surface area contributed by atoms with Crippen LogP contribution in [0.2, 0.25) is 0 Å². The lowest BCUT2D eigenvalue weighted by molar-refractivity contribution is -0.142. The normalized spacial score (nSPS) is 12.8. The van der Waals surface area contributed by atoms with Gasteiger partial charge in [-0.15, -0.1) is 0 Å². The molecule has 0 aliphatic heterocycles. The number of ketones is 1. The summed E-state index contributed by atoms with van der Waals surface area (Å²) in [5.74, 6) is 0.471. The van der Waals surface area contributed by atoms with E-state index >= 15 is 0 Å². The highest BCUT2D eigenvalue weighted by molar-refractivity contribution is 5.83. The fourth-order valence-corrected chi connectivity index (χ4v) is 2.09. The molecule has 0 aromatic heterocycles. The molecule has 0 aromatic rings. The molecule has 118 valence electrons. The molecule has 0 unspecified atom stereocenters. The van der Waals surface area contributed by atoms with Crippen LogP contribution in [-0.2, 0) is 23.8 Å². The smallest absolute Gasteiger partial charge is 0.305 e. The number of hydrogen-bond acceptors (Lipinski definition) is 5. The highest BCUT2D eigenvalue weighted by Gasteiger charge is 2.20. The Hall–Kier alpha value is -0.940. The second kappa shape index (κ2) is 10.8. The van der Waals surface area contributed by atoms with E-state index in [1.807, 2.05) is 0 Å². The summed E-state index contributed by atoms with van der Waals surface area (Å²) in [5.41, 5.74) is 0. The van der Waals surface area contributed by atoms with Crippen molar-refractivity contribution >= 4 is 11.8 Å². The molecule has 5 heteroatoms. The maximum Gasteiger partial charge on any atom is 0.305 e. The predicted octanol–water partition coefficient (Wildman–Crippen LogP) is 2.57. The number of carbonyl (C=O) groups is 2. The molecule has 0 N–H and O–H groups in total. The molecule has 0 radical (unpaired) electrons. The van der Waals surface area contributed by atoms with E-state index in [0.29, 0.717) is 12.3 Å². The summed E-state index contributed by atoms with van der Waals surface area (Å²) in [6, 6.07) is 0. The Morgan fingerprint density at radius 1 is 0.950 bits per heavy atom. The zero-order chi connectivity index (χ0) is 15.5. The van der Waals surface area contributed by atoms with Gasteiger partial charge < -0.3 is 14.2 Å². The van der Waals surface area contributed by atoms with E-state index in [1.54, 1.807) is 14.2 Å². The molecule has 0 aliphatic rings. The molecule has 5 nitrogen and oxygen atoms in total. The highest BCUT2D eigenvalue weighted by Crippen LogP contribution is 2.23. The molecule has 0 saturated carbocycles. The van der Waals surface area contributed by atoms with Crippen molar-refractivity contribution in [2.45, 2.75) is 52.2 Å². The van der Waals surface area contributed by atoms with Crippen molar-refractivity contribution in [2.24, 2.45) is 11.8 Å². The van der Waals surface area contributed by atoms with Gasteiger partial charge in [-0.05, 0) is 24.7 Å². The first-order valence-corrected chi connectivity index (χ1v) is 7.08. The van der Waals surface area contributed by atoms with Crippen LogP contribution in [0.25, 0.3) is 0 Å². The minimum absolute atomic E-state index is 0.112. The van der Waals surface area contributed by atoms with Gasteiger partial charge in [0.25, 0.3) is 0 Å². The van der Waals surface area contributed by atoms with Crippen LogP contribution >= 0.6 is 0 Å². The van der Waals surface area contributed by atoms with Crippen LogP contribution < -0.4 is 0 Å². The van der Waals surface area contributed by atoms with Crippen molar-refractivity contribution in [2.75, 3.05) is 21.3 Å². The second-order valence-corrected chi connectivity index (χ2v) is 5.30. The lowest BCUT2D eigenvalue weighted by Crippen LogP contribution is -2.19. The van der Waals surface area contributed by atoms with E-state index < -0.39 is 0 Å². The average Bonchev–Trinajstić information content (AvgIpc) is 2.44. The summed E-state index contributed by atoms with van der Waals surface area (Å²) in [6.45, 7) is 4.21. The van der Waals surface area contributed by atoms with E-state index in [4.69, 9.17) is 9.47 Å². The van der Waals surface area contributed by atoms with Gasteiger partial charge in [-0.1, -0.05) is 13.8 Å². The fraction of sp³-hybridized carbons (Fsp3) is 0.867. The van der Waals surface area contributed by atoms with Gasteiger partial charge in [-0.2, -0.15) is 0 Å². The zero-order valence-electron chi connectivity index (χ0n) is 13.3. The third-order valence-electron chi connectivity index (χ3n) is 3.57. The van der Waals surface area contributed by atoms with Crippen LogP contribution in [0.15, 0.2) is 0 Å². The molecule has 0 saturated heterocycles. The third kappa shape index (κ3) is 8.27. The summed E-state index contributed by atoms with van der Waals surface area (Å²) in [4.78, 5) is 22.9. The predicted molar refractivity (Wildman–Crippen MR) is 76.2 cm³/mol. The Balaban J connectivity index is 4.19. The first-order chi connectivity index (χ1) is 9.44. The van der Waals surface area contributed by atoms with Crippen molar-refractivity contribution in [3.63, 3.8) is 0 Å². The molecule has 0 aliphatic carbocycles. The molecule has 0 aromatic carbocycles. The highest BCUT2D eigenvalue weighted by atomic mass is 16.7. The molecule has 20 heavy (non-hydrogen) atoms. The molecule has 0 rings (SSSR count). The van der Waals surface area contributed by atoms with Gasteiger partial charge in [0.1, 0.15) is 5.78 Å². The standard InChI is InChI=1S/C15H28O5/c1-11(2)12(6-9-15(19-4)20-5)10-13(16)7-8-14(17)18-3/h11-12,15H,6-10H2,1-5H3/t12-/m1/s1. The Morgan fingerprint density at radius 2 is 1.55 bits per heavy atom. The fourth-order valence-electron chi connectivity index (χ4n) is 2.09. The molecule has 0 spiro atoms. The van der Waals surface area contributed by atoms with Crippen molar-refractivity contribution in [1.29, 1.82) is 0 Å². The number of carbonyl (C=O) groups excluding carboxylic acids is 2. The van der Waals surface area contributed by atoms with Gasteiger partial charge in [-0.3, -0.25) is 9.59 Å². The van der Waals surface area contributed by atoms with Crippen LogP contribution in [0.3, 0.4) is 0 Å².